The van der Waals surface area contributed by atoms with E-state index in [0.717, 1.165) is 25.1 Å². The third-order valence-electron chi connectivity index (χ3n) is 2.45. The normalized spacial score (nSPS) is 35.8. The molecule has 2 aliphatic heterocycles. The van der Waals surface area contributed by atoms with Crippen LogP contribution in [0.15, 0.2) is 0 Å². The maximum atomic E-state index is 11.0. The SMILES string of the molecule is O=C1NCCC2(CCCSC2)O1. The Morgan fingerprint density at radius 1 is 1.50 bits per heavy atom. The lowest BCUT2D eigenvalue weighted by Crippen LogP contribution is -2.50. The zero-order valence-corrected chi connectivity index (χ0v) is 7.78. The van der Waals surface area contributed by atoms with Gasteiger partial charge < -0.3 is 10.1 Å². The molecule has 68 valence electrons. The number of carbonyl (C=O) groups is 1. The molecular formula is C8H13NO2S. The Morgan fingerprint density at radius 2 is 2.42 bits per heavy atom. The van der Waals surface area contributed by atoms with Gasteiger partial charge in [0.15, 0.2) is 0 Å². The van der Waals surface area contributed by atoms with E-state index in [1.807, 2.05) is 11.8 Å². The van der Waals surface area contributed by atoms with Gasteiger partial charge in [0, 0.05) is 18.7 Å². The largest absolute Gasteiger partial charge is 0.442 e. The average Bonchev–Trinajstić information content (AvgIpc) is 2.05. The van der Waals surface area contributed by atoms with Crippen LogP contribution in [0, 0.1) is 0 Å². The highest BCUT2D eigenvalue weighted by Crippen LogP contribution is 2.34. The van der Waals surface area contributed by atoms with E-state index in [1.54, 1.807) is 0 Å². The van der Waals surface area contributed by atoms with E-state index in [4.69, 9.17) is 4.74 Å². The smallest absolute Gasteiger partial charge is 0.407 e. The number of thioether (sulfide) groups is 1. The van der Waals surface area contributed by atoms with Gasteiger partial charge in [0.1, 0.15) is 5.60 Å². The predicted octanol–water partition coefficient (Wildman–Crippen LogP) is 1.38. The van der Waals surface area contributed by atoms with Crippen molar-refractivity contribution in [3.63, 3.8) is 0 Å². The number of hydrogen-bond donors (Lipinski definition) is 1. The van der Waals surface area contributed by atoms with Gasteiger partial charge in [-0.2, -0.15) is 11.8 Å². The van der Waals surface area contributed by atoms with Gasteiger partial charge in [0.05, 0.1) is 0 Å². The molecule has 0 saturated carbocycles. The first-order valence-electron chi connectivity index (χ1n) is 4.35. The zero-order valence-electron chi connectivity index (χ0n) is 6.97. The molecule has 2 aliphatic rings. The predicted molar refractivity (Wildman–Crippen MR) is 48.4 cm³/mol. The molecule has 1 atom stereocenters. The van der Waals surface area contributed by atoms with Crippen molar-refractivity contribution in [3.05, 3.63) is 0 Å². The van der Waals surface area contributed by atoms with Crippen molar-refractivity contribution < 1.29 is 9.53 Å². The quantitative estimate of drug-likeness (QED) is 0.622. The van der Waals surface area contributed by atoms with Gasteiger partial charge in [-0.1, -0.05) is 0 Å². The van der Waals surface area contributed by atoms with Crippen LogP contribution < -0.4 is 5.32 Å². The van der Waals surface area contributed by atoms with Crippen LogP contribution in [0.3, 0.4) is 0 Å². The van der Waals surface area contributed by atoms with E-state index in [-0.39, 0.29) is 11.7 Å². The van der Waals surface area contributed by atoms with Crippen LogP contribution in [0.2, 0.25) is 0 Å². The van der Waals surface area contributed by atoms with Crippen LogP contribution in [0.5, 0.6) is 0 Å². The minimum absolute atomic E-state index is 0.120. The molecule has 2 fully saturated rings. The van der Waals surface area contributed by atoms with Crippen molar-refractivity contribution in [2.45, 2.75) is 24.9 Å². The Kier molecular flexibility index (Phi) is 2.17. The van der Waals surface area contributed by atoms with Crippen LogP contribution in [-0.4, -0.2) is 29.7 Å². The Balaban J connectivity index is 2.02. The lowest BCUT2D eigenvalue weighted by Gasteiger charge is -2.39. The van der Waals surface area contributed by atoms with Crippen molar-refractivity contribution in [2.24, 2.45) is 0 Å². The molecule has 1 N–H and O–H groups in total. The Bertz CT molecular complexity index is 184. The van der Waals surface area contributed by atoms with E-state index in [2.05, 4.69) is 5.32 Å². The minimum Gasteiger partial charge on any atom is -0.442 e. The summed E-state index contributed by atoms with van der Waals surface area (Å²) in [5.41, 5.74) is -0.120. The number of nitrogens with one attached hydrogen (secondary N) is 1. The van der Waals surface area contributed by atoms with Crippen molar-refractivity contribution in [2.75, 3.05) is 18.1 Å². The van der Waals surface area contributed by atoms with Crippen LogP contribution in [0.1, 0.15) is 19.3 Å². The summed E-state index contributed by atoms with van der Waals surface area (Å²) in [4.78, 5) is 11.0. The summed E-state index contributed by atoms with van der Waals surface area (Å²) in [5, 5.41) is 2.68. The molecule has 2 rings (SSSR count). The van der Waals surface area contributed by atoms with Gasteiger partial charge in [-0.15, -0.1) is 0 Å². The first-order valence-corrected chi connectivity index (χ1v) is 5.51. The third kappa shape index (κ3) is 1.53. The number of carbonyl (C=O) groups excluding carboxylic acids is 1. The van der Waals surface area contributed by atoms with Gasteiger partial charge in [-0.05, 0) is 18.6 Å². The number of alkyl carbamates (subject to hydrolysis) is 1. The van der Waals surface area contributed by atoms with Gasteiger partial charge >= 0.3 is 6.09 Å². The van der Waals surface area contributed by atoms with Gasteiger partial charge in [0.25, 0.3) is 0 Å². The molecule has 0 aromatic carbocycles. The second-order valence-electron chi connectivity index (χ2n) is 3.41. The number of rotatable bonds is 0. The maximum absolute atomic E-state index is 11.0. The van der Waals surface area contributed by atoms with E-state index in [0.29, 0.717) is 0 Å². The highest BCUT2D eigenvalue weighted by atomic mass is 32.2. The number of amides is 1. The van der Waals surface area contributed by atoms with Crippen LogP contribution in [0.25, 0.3) is 0 Å². The first-order chi connectivity index (χ1) is 5.81. The molecular weight excluding hydrogens is 174 g/mol. The molecule has 0 radical (unpaired) electrons. The summed E-state index contributed by atoms with van der Waals surface area (Å²) in [6, 6.07) is 0. The Labute approximate surface area is 76.2 Å². The molecule has 2 heterocycles. The van der Waals surface area contributed by atoms with Crippen molar-refractivity contribution in [1.82, 2.24) is 5.32 Å². The number of hydrogen-bond acceptors (Lipinski definition) is 3. The monoisotopic (exact) mass is 187 g/mol. The second-order valence-corrected chi connectivity index (χ2v) is 4.51. The summed E-state index contributed by atoms with van der Waals surface area (Å²) in [6.45, 7) is 0.777. The fourth-order valence-corrected chi connectivity index (χ4v) is 2.99. The highest BCUT2D eigenvalue weighted by molar-refractivity contribution is 7.99. The molecule has 2 saturated heterocycles. The molecule has 0 aromatic heterocycles. The third-order valence-corrected chi connectivity index (χ3v) is 3.75. The van der Waals surface area contributed by atoms with E-state index >= 15 is 0 Å². The molecule has 1 spiro atoms. The van der Waals surface area contributed by atoms with Gasteiger partial charge in [-0.25, -0.2) is 4.79 Å². The molecule has 4 heteroatoms. The molecule has 0 aliphatic carbocycles. The van der Waals surface area contributed by atoms with Gasteiger partial charge in [0.2, 0.25) is 0 Å². The van der Waals surface area contributed by atoms with Crippen LogP contribution in [0.4, 0.5) is 4.79 Å². The summed E-state index contributed by atoms with van der Waals surface area (Å²) >= 11 is 1.90. The van der Waals surface area contributed by atoms with E-state index < -0.39 is 0 Å². The molecule has 1 amide bonds. The Morgan fingerprint density at radius 3 is 3.08 bits per heavy atom. The first kappa shape index (κ1) is 8.23. The average molecular weight is 187 g/mol. The molecule has 0 bridgehead atoms. The molecule has 1 unspecified atom stereocenters. The van der Waals surface area contributed by atoms with Crippen molar-refractivity contribution >= 4 is 17.9 Å². The highest BCUT2D eigenvalue weighted by Gasteiger charge is 2.38. The summed E-state index contributed by atoms with van der Waals surface area (Å²) in [7, 11) is 0. The fourth-order valence-electron chi connectivity index (χ4n) is 1.78. The van der Waals surface area contributed by atoms with Crippen LogP contribution >= 0.6 is 11.8 Å². The minimum atomic E-state index is -0.233. The summed E-state index contributed by atoms with van der Waals surface area (Å²) in [6.07, 6.45) is 2.97. The van der Waals surface area contributed by atoms with Crippen molar-refractivity contribution in [1.29, 1.82) is 0 Å². The van der Waals surface area contributed by atoms with E-state index in [9.17, 15) is 4.79 Å². The maximum Gasteiger partial charge on any atom is 0.407 e. The van der Waals surface area contributed by atoms with Crippen LogP contribution in [-0.2, 0) is 4.74 Å². The standard InChI is InChI=1S/C8H13NO2S/c10-7-9-4-3-8(11-7)2-1-5-12-6-8/h1-6H2,(H,9,10). The Hall–Kier alpha value is -0.380. The molecule has 0 aromatic rings. The number of ether oxygens (including phenoxy) is 1. The fraction of sp³-hybridized carbons (Fsp3) is 0.875. The summed E-state index contributed by atoms with van der Waals surface area (Å²) < 4.78 is 5.34. The lowest BCUT2D eigenvalue weighted by atomic mass is 9.94. The summed E-state index contributed by atoms with van der Waals surface area (Å²) in [5.74, 6) is 2.20. The van der Waals surface area contributed by atoms with E-state index in [1.165, 1.54) is 12.2 Å². The lowest BCUT2D eigenvalue weighted by molar-refractivity contribution is -0.00353. The van der Waals surface area contributed by atoms with Crippen molar-refractivity contribution in [3.8, 4) is 0 Å². The topological polar surface area (TPSA) is 38.3 Å². The molecule has 3 nitrogen and oxygen atoms in total. The molecule has 12 heavy (non-hydrogen) atoms. The second kappa shape index (κ2) is 3.17. The zero-order chi connectivity index (χ0) is 8.44. The van der Waals surface area contributed by atoms with Gasteiger partial charge in [-0.3, -0.25) is 0 Å².